The van der Waals surface area contributed by atoms with Gasteiger partial charge in [0.2, 0.25) is 0 Å². The molecule has 0 bridgehead atoms. The molecule has 1 aromatic rings. The molecule has 2 heterocycles. The van der Waals surface area contributed by atoms with Crippen LogP contribution >= 0.6 is 0 Å². The molecule has 108 valence electrons. The molecular formula is C16H22N2O2. The summed E-state index contributed by atoms with van der Waals surface area (Å²) in [6.45, 7) is 6.35. The topological polar surface area (TPSA) is 32.8 Å². The van der Waals surface area contributed by atoms with Crippen LogP contribution in [-0.2, 0) is 4.74 Å². The molecule has 2 saturated heterocycles. The molecule has 1 unspecified atom stereocenters. The SMILES string of the molecule is O=C(CN1CCC(N2CCOCC2)C1)c1ccccc1. The second-order valence-corrected chi connectivity index (χ2v) is 5.62. The van der Waals surface area contributed by atoms with E-state index >= 15 is 0 Å². The Morgan fingerprint density at radius 2 is 1.90 bits per heavy atom. The molecule has 4 heteroatoms. The average Bonchev–Trinajstić information content (AvgIpc) is 2.97. The molecule has 2 aliphatic heterocycles. The van der Waals surface area contributed by atoms with Crippen molar-refractivity contribution < 1.29 is 9.53 Å². The first kappa shape index (κ1) is 13.7. The van der Waals surface area contributed by atoms with Gasteiger partial charge in [0.05, 0.1) is 19.8 Å². The number of Topliss-reactive ketones (excluding diaryl/α,β-unsaturated/α-hetero) is 1. The summed E-state index contributed by atoms with van der Waals surface area (Å²) in [5.74, 6) is 0.230. The fourth-order valence-corrected chi connectivity index (χ4v) is 3.11. The molecule has 0 aliphatic carbocycles. The van der Waals surface area contributed by atoms with Gasteiger partial charge in [-0.2, -0.15) is 0 Å². The Kier molecular flexibility index (Phi) is 4.45. The van der Waals surface area contributed by atoms with Crippen LogP contribution in [0.25, 0.3) is 0 Å². The number of rotatable bonds is 4. The minimum atomic E-state index is 0.230. The molecule has 20 heavy (non-hydrogen) atoms. The number of benzene rings is 1. The van der Waals surface area contributed by atoms with Crippen LogP contribution in [0.4, 0.5) is 0 Å². The molecule has 0 N–H and O–H groups in total. The third-order valence-electron chi connectivity index (χ3n) is 4.27. The number of carbonyl (C=O) groups excluding carboxylic acids is 1. The average molecular weight is 274 g/mol. The van der Waals surface area contributed by atoms with Crippen LogP contribution in [0.15, 0.2) is 30.3 Å². The summed E-state index contributed by atoms with van der Waals surface area (Å²) < 4.78 is 5.40. The van der Waals surface area contributed by atoms with Crippen LogP contribution < -0.4 is 0 Å². The molecule has 0 amide bonds. The van der Waals surface area contributed by atoms with Gasteiger partial charge in [0, 0.05) is 37.8 Å². The molecule has 1 atom stereocenters. The Morgan fingerprint density at radius 3 is 2.65 bits per heavy atom. The maximum absolute atomic E-state index is 12.2. The third-order valence-corrected chi connectivity index (χ3v) is 4.27. The Bertz CT molecular complexity index is 443. The van der Waals surface area contributed by atoms with E-state index in [0.717, 1.165) is 45.0 Å². The zero-order chi connectivity index (χ0) is 13.8. The van der Waals surface area contributed by atoms with Gasteiger partial charge in [-0.1, -0.05) is 30.3 Å². The van der Waals surface area contributed by atoms with Crippen molar-refractivity contribution in [3.63, 3.8) is 0 Å². The van der Waals surface area contributed by atoms with Gasteiger partial charge in [-0.25, -0.2) is 0 Å². The maximum atomic E-state index is 12.2. The summed E-state index contributed by atoms with van der Waals surface area (Å²) in [4.78, 5) is 17.0. The van der Waals surface area contributed by atoms with Gasteiger partial charge in [-0.05, 0) is 6.42 Å². The van der Waals surface area contributed by atoms with Gasteiger partial charge in [-0.15, -0.1) is 0 Å². The standard InChI is InChI=1S/C16H22N2O2/c19-16(14-4-2-1-3-5-14)13-17-7-6-15(12-17)18-8-10-20-11-9-18/h1-5,15H,6-13H2. The maximum Gasteiger partial charge on any atom is 0.176 e. The molecule has 0 spiro atoms. The van der Waals surface area contributed by atoms with E-state index in [9.17, 15) is 4.79 Å². The Morgan fingerprint density at radius 1 is 1.15 bits per heavy atom. The van der Waals surface area contributed by atoms with Crippen LogP contribution in [0, 0.1) is 0 Å². The summed E-state index contributed by atoms with van der Waals surface area (Å²) >= 11 is 0. The number of morpholine rings is 1. The van der Waals surface area contributed by atoms with Crippen LogP contribution in [0.1, 0.15) is 16.8 Å². The van der Waals surface area contributed by atoms with Crippen molar-refractivity contribution in [3.8, 4) is 0 Å². The van der Waals surface area contributed by atoms with Crippen molar-refractivity contribution in [1.82, 2.24) is 9.80 Å². The summed E-state index contributed by atoms with van der Waals surface area (Å²) in [7, 11) is 0. The Labute approximate surface area is 120 Å². The fraction of sp³-hybridized carbons (Fsp3) is 0.562. The number of hydrogen-bond donors (Lipinski definition) is 0. The summed E-state index contributed by atoms with van der Waals surface area (Å²) in [6.07, 6.45) is 1.17. The van der Waals surface area contributed by atoms with Gasteiger partial charge in [0.25, 0.3) is 0 Å². The zero-order valence-corrected chi connectivity index (χ0v) is 11.8. The lowest BCUT2D eigenvalue weighted by Crippen LogP contribution is -2.45. The molecule has 3 rings (SSSR count). The number of ether oxygens (including phenoxy) is 1. The first-order valence-electron chi connectivity index (χ1n) is 7.45. The van der Waals surface area contributed by atoms with Crippen LogP contribution in [0.3, 0.4) is 0 Å². The van der Waals surface area contributed by atoms with E-state index in [1.165, 1.54) is 6.42 Å². The van der Waals surface area contributed by atoms with E-state index in [1.807, 2.05) is 30.3 Å². The number of likely N-dealkylation sites (tertiary alicyclic amines) is 1. The van der Waals surface area contributed by atoms with Crippen LogP contribution in [-0.4, -0.2) is 67.6 Å². The number of nitrogens with zero attached hydrogens (tertiary/aromatic N) is 2. The second-order valence-electron chi connectivity index (χ2n) is 5.62. The third kappa shape index (κ3) is 3.26. The molecule has 4 nitrogen and oxygen atoms in total. The predicted octanol–water partition coefficient (Wildman–Crippen LogP) is 1.28. The quantitative estimate of drug-likeness (QED) is 0.774. The van der Waals surface area contributed by atoms with E-state index in [1.54, 1.807) is 0 Å². The lowest BCUT2D eigenvalue weighted by atomic mass is 10.1. The van der Waals surface area contributed by atoms with Crippen molar-refractivity contribution >= 4 is 5.78 Å². The first-order chi connectivity index (χ1) is 9.83. The highest BCUT2D eigenvalue weighted by atomic mass is 16.5. The predicted molar refractivity (Wildman–Crippen MR) is 78.0 cm³/mol. The highest BCUT2D eigenvalue weighted by Crippen LogP contribution is 2.17. The Hall–Kier alpha value is -1.23. The fourth-order valence-electron chi connectivity index (χ4n) is 3.11. The van der Waals surface area contributed by atoms with Gasteiger partial charge in [0.1, 0.15) is 0 Å². The van der Waals surface area contributed by atoms with Crippen LogP contribution in [0.5, 0.6) is 0 Å². The highest BCUT2D eigenvalue weighted by molar-refractivity contribution is 5.97. The molecule has 0 aromatic heterocycles. The molecule has 1 aromatic carbocycles. The zero-order valence-electron chi connectivity index (χ0n) is 11.8. The number of ketones is 1. The van der Waals surface area contributed by atoms with E-state index in [-0.39, 0.29) is 5.78 Å². The van der Waals surface area contributed by atoms with Gasteiger partial charge < -0.3 is 4.74 Å². The van der Waals surface area contributed by atoms with Crippen LogP contribution in [0.2, 0.25) is 0 Å². The van der Waals surface area contributed by atoms with E-state index in [4.69, 9.17) is 4.74 Å². The van der Waals surface area contributed by atoms with E-state index in [0.29, 0.717) is 12.6 Å². The molecule has 2 aliphatic rings. The minimum Gasteiger partial charge on any atom is -0.379 e. The van der Waals surface area contributed by atoms with Crippen molar-refractivity contribution in [2.75, 3.05) is 45.9 Å². The smallest absolute Gasteiger partial charge is 0.176 e. The van der Waals surface area contributed by atoms with Gasteiger partial charge >= 0.3 is 0 Å². The lowest BCUT2D eigenvalue weighted by molar-refractivity contribution is 0.0185. The first-order valence-corrected chi connectivity index (χ1v) is 7.45. The minimum absolute atomic E-state index is 0.230. The van der Waals surface area contributed by atoms with Crippen molar-refractivity contribution in [2.24, 2.45) is 0 Å². The summed E-state index contributed by atoms with van der Waals surface area (Å²) in [5, 5.41) is 0. The monoisotopic (exact) mass is 274 g/mol. The molecule has 0 radical (unpaired) electrons. The second kappa shape index (κ2) is 6.48. The van der Waals surface area contributed by atoms with E-state index < -0.39 is 0 Å². The molecule has 2 fully saturated rings. The largest absolute Gasteiger partial charge is 0.379 e. The van der Waals surface area contributed by atoms with Gasteiger partial charge in [-0.3, -0.25) is 14.6 Å². The molecule has 0 saturated carbocycles. The number of carbonyl (C=O) groups is 1. The van der Waals surface area contributed by atoms with Gasteiger partial charge in [0.15, 0.2) is 5.78 Å². The summed E-state index contributed by atoms with van der Waals surface area (Å²) in [5.41, 5.74) is 0.822. The summed E-state index contributed by atoms with van der Waals surface area (Å²) in [6, 6.07) is 10.2. The lowest BCUT2D eigenvalue weighted by Gasteiger charge is -2.32. The highest BCUT2D eigenvalue weighted by Gasteiger charge is 2.29. The number of hydrogen-bond acceptors (Lipinski definition) is 4. The van der Waals surface area contributed by atoms with Crippen molar-refractivity contribution in [3.05, 3.63) is 35.9 Å². The van der Waals surface area contributed by atoms with Crippen molar-refractivity contribution in [2.45, 2.75) is 12.5 Å². The normalized spacial score (nSPS) is 24.9. The van der Waals surface area contributed by atoms with E-state index in [2.05, 4.69) is 9.80 Å². The Balaban J connectivity index is 1.51. The van der Waals surface area contributed by atoms with Crippen molar-refractivity contribution in [1.29, 1.82) is 0 Å². The molecular weight excluding hydrogens is 252 g/mol.